The summed E-state index contributed by atoms with van der Waals surface area (Å²) in [5.41, 5.74) is 3.76. The number of nitrogens with one attached hydrogen (secondary N) is 1. The number of nitrogens with zero attached hydrogens (tertiary/aromatic N) is 2. The van der Waals surface area contributed by atoms with Gasteiger partial charge in [0.25, 0.3) is 0 Å². The number of benzene rings is 2. The lowest BCUT2D eigenvalue weighted by atomic mass is 10.1. The molecular weight excluding hydrogens is 338 g/mol. The average molecular weight is 367 g/mol. The molecule has 0 saturated carbocycles. The third-order valence-electron chi connectivity index (χ3n) is 4.81. The standard InChI is InChI=1S/C22H29N3O2/c1-6-25(19-13-8-7-9-14-19)22(27)18(4)24(5)15-20(26)23-21-16(2)11-10-12-17(21)3/h7-14,18H,6,15H2,1-5H3,(H,23,26)/t18-/m1/s1. The first-order valence-electron chi connectivity index (χ1n) is 9.27. The summed E-state index contributed by atoms with van der Waals surface area (Å²) in [6, 6.07) is 15.1. The SMILES string of the molecule is CCN(C(=O)[C@@H](C)N(C)CC(=O)Nc1c(C)cccc1C)c1ccccc1. The summed E-state index contributed by atoms with van der Waals surface area (Å²) < 4.78 is 0. The summed E-state index contributed by atoms with van der Waals surface area (Å²) in [5.74, 6) is -0.150. The highest BCUT2D eigenvalue weighted by atomic mass is 16.2. The fourth-order valence-electron chi connectivity index (χ4n) is 3.04. The minimum atomic E-state index is -0.408. The van der Waals surface area contributed by atoms with E-state index in [0.717, 1.165) is 22.5 Å². The van der Waals surface area contributed by atoms with E-state index in [1.165, 1.54) is 0 Å². The predicted octanol–water partition coefficient (Wildman–Crippen LogP) is 3.62. The molecule has 0 unspecified atom stereocenters. The maximum absolute atomic E-state index is 12.9. The Labute approximate surface area is 162 Å². The van der Waals surface area contributed by atoms with Gasteiger partial charge in [0.1, 0.15) is 0 Å². The molecule has 0 aliphatic rings. The van der Waals surface area contributed by atoms with Crippen LogP contribution >= 0.6 is 0 Å². The first-order valence-corrected chi connectivity index (χ1v) is 9.27. The zero-order valence-corrected chi connectivity index (χ0v) is 16.8. The predicted molar refractivity (Wildman–Crippen MR) is 111 cm³/mol. The summed E-state index contributed by atoms with van der Waals surface area (Å²) in [4.78, 5) is 28.9. The summed E-state index contributed by atoms with van der Waals surface area (Å²) in [5, 5.41) is 2.97. The van der Waals surface area contributed by atoms with E-state index in [0.29, 0.717) is 6.54 Å². The minimum absolute atomic E-state index is 0.0222. The van der Waals surface area contributed by atoms with Gasteiger partial charge in [0, 0.05) is 17.9 Å². The van der Waals surface area contributed by atoms with Crippen LogP contribution in [0.25, 0.3) is 0 Å². The van der Waals surface area contributed by atoms with Gasteiger partial charge in [-0.1, -0.05) is 36.4 Å². The number of hydrogen-bond acceptors (Lipinski definition) is 3. The first-order chi connectivity index (χ1) is 12.8. The maximum Gasteiger partial charge on any atom is 0.244 e. The maximum atomic E-state index is 12.9. The van der Waals surface area contributed by atoms with Gasteiger partial charge in [-0.2, -0.15) is 0 Å². The van der Waals surface area contributed by atoms with E-state index in [9.17, 15) is 9.59 Å². The summed E-state index contributed by atoms with van der Waals surface area (Å²) in [7, 11) is 1.80. The van der Waals surface area contributed by atoms with E-state index in [-0.39, 0.29) is 18.4 Å². The van der Waals surface area contributed by atoms with Crippen molar-refractivity contribution in [1.29, 1.82) is 0 Å². The Morgan fingerprint density at radius 2 is 1.59 bits per heavy atom. The van der Waals surface area contributed by atoms with Crippen molar-refractivity contribution in [2.45, 2.75) is 33.7 Å². The normalized spacial score (nSPS) is 11.9. The largest absolute Gasteiger partial charge is 0.324 e. The number of para-hydroxylation sites is 2. The Bertz CT molecular complexity index is 769. The molecule has 0 bridgehead atoms. The Morgan fingerprint density at radius 3 is 2.15 bits per heavy atom. The number of carbonyl (C=O) groups excluding carboxylic acids is 2. The molecule has 0 radical (unpaired) electrons. The number of carbonyl (C=O) groups is 2. The van der Waals surface area contributed by atoms with Gasteiger partial charge in [0.2, 0.25) is 11.8 Å². The molecule has 1 N–H and O–H groups in total. The highest BCUT2D eigenvalue weighted by molar-refractivity contribution is 5.98. The van der Waals surface area contributed by atoms with Crippen LogP contribution in [0, 0.1) is 13.8 Å². The lowest BCUT2D eigenvalue weighted by molar-refractivity contribution is -0.124. The molecule has 27 heavy (non-hydrogen) atoms. The van der Waals surface area contributed by atoms with Crippen molar-refractivity contribution in [2.24, 2.45) is 0 Å². The van der Waals surface area contributed by atoms with Crippen LogP contribution < -0.4 is 10.2 Å². The molecule has 2 aromatic carbocycles. The molecule has 0 fully saturated rings. The molecule has 1 atom stereocenters. The van der Waals surface area contributed by atoms with Crippen LogP contribution in [-0.4, -0.2) is 42.9 Å². The second kappa shape index (κ2) is 9.33. The minimum Gasteiger partial charge on any atom is -0.324 e. The van der Waals surface area contributed by atoms with E-state index in [2.05, 4.69) is 5.32 Å². The van der Waals surface area contributed by atoms with Gasteiger partial charge in [0.05, 0.1) is 12.6 Å². The molecule has 0 aliphatic carbocycles. The van der Waals surface area contributed by atoms with Crippen molar-refractivity contribution >= 4 is 23.2 Å². The molecule has 144 valence electrons. The number of rotatable bonds is 7. The Hall–Kier alpha value is -2.66. The molecular formula is C22H29N3O2. The summed E-state index contributed by atoms with van der Waals surface area (Å²) >= 11 is 0. The number of hydrogen-bond donors (Lipinski definition) is 1. The van der Waals surface area contributed by atoms with Gasteiger partial charge in [-0.25, -0.2) is 0 Å². The molecule has 2 amide bonds. The first kappa shape index (κ1) is 20.6. The van der Waals surface area contributed by atoms with Gasteiger partial charge in [-0.15, -0.1) is 0 Å². The second-order valence-corrected chi connectivity index (χ2v) is 6.82. The van der Waals surface area contributed by atoms with E-state index in [4.69, 9.17) is 0 Å². The molecule has 5 heteroatoms. The van der Waals surface area contributed by atoms with Gasteiger partial charge < -0.3 is 10.2 Å². The fraction of sp³-hybridized carbons (Fsp3) is 0.364. The van der Waals surface area contributed by atoms with Crippen LogP contribution in [0.4, 0.5) is 11.4 Å². The summed E-state index contributed by atoms with van der Waals surface area (Å²) in [6.07, 6.45) is 0. The topological polar surface area (TPSA) is 52.7 Å². The highest BCUT2D eigenvalue weighted by Crippen LogP contribution is 2.19. The molecule has 0 saturated heterocycles. The smallest absolute Gasteiger partial charge is 0.244 e. The number of amides is 2. The lowest BCUT2D eigenvalue weighted by Crippen LogP contribution is -2.48. The second-order valence-electron chi connectivity index (χ2n) is 6.82. The average Bonchev–Trinajstić information content (AvgIpc) is 2.65. The van der Waals surface area contributed by atoms with Crippen molar-refractivity contribution in [3.05, 3.63) is 59.7 Å². The van der Waals surface area contributed by atoms with Crippen LogP contribution in [0.5, 0.6) is 0 Å². The molecule has 0 aliphatic heterocycles. The lowest BCUT2D eigenvalue weighted by Gasteiger charge is -2.29. The summed E-state index contributed by atoms with van der Waals surface area (Å²) in [6.45, 7) is 8.45. The van der Waals surface area contributed by atoms with Crippen LogP contribution in [0.15, 0.2) is 48.5 Å². The molecule has 2 aromatic rings. The van der Waals surface area contributed by atoms with Crippen LogP contribution in [0.3, 0.4) is 0 Å². The number of aryl methyl sites for hydroxylation is 2. The van der Waals surface area contributed by atoms with E-state index in [1.54, 1.807) is 16.8 Å². The zero-order chi connectivity index (χ0) is 20.0. The number of likely N-dealkylation sites (N-methyl/N-ethyl adjacent to an activating group) is 2. The van der Waals surface area contributed by atoms with Crippen molar-refractivity contribution in [2.75, 3.05) is 30.4 Å². The van der Waals surface area contributed by atoms with Crippen molar-refractivity contribution in [3.8, 4) is 0 Å². The molecule has 2 rings (SSSR count). The zero-order valence-electron chi connectivity index (χ0n) is 16.8. The highest BCUT2D eigenvalue weighted by Gasteiger charge is 2.25. The Balaban J connectivity index is 2.02. The monoisotopic (exact) mass is 367 g/mol. The number of anilines is 2. The van der Waals surface area contributed by atoms with E-state index < -0.39 is 6.04 Å². The molecule has 0 heterocycles. The third kappa shape index (κ3) is 5.17. The molecule has 0 spiro atoms. The van der Waals surface area contributed by atoms with Crippen LogP contribution in [0.1, 0.15) is 25.0 Å². The van der Waals surface area contributed by atoms with Crippen molar-refractivity contribution in [3.63, 3.8) is 0 Å². The van der Waals surface area contributed by atoms with E-state index in [1.807, 2.05) is 76.2 Å². The quantitative estimate of drug-likeness (QED) is 0.813. The van der Waals surface area contributed by atoms with Gasteiger partial charge in [-0.3, -0.25) is 14.5 Å². The fourth-order valence-corrected chi connectivity index (χ4v) is 3.04. The van der Waals surface area contributed by atoms with Crippen LogP contribution in [0.2, 0.25) is 0 Å². The van der Waals surface area contributed by atoms with Crippen molar-refractivity contribution < 1.29 is 9.59 Å². The Kier molecular flexibility index (Phi) is 7.13. The molecule has 5 nitrogen and oxygen atoms in total. The van der Waals surface area contributed by atoms with Crippen molar-refractivity contribution in [1.82, 2.24) is 4.90 Å². The third-order valence-corrected chi connectivity index (χ3v) is 4.81. The Morgan fingerprint density at radius 1 is 1.00 bits per heavy atom. The van der Waals surface area contributed by atoms with Gasteiger partial charge >= 0.3 is 0 Å². The van der Waals surface area contributed by atoms with Crippen LogP contribution in [-0.2, 0) is 9.59 Å². The van der Waals surface area contributed by atoms with Gasteiger partial charge in [0.15, 0.2) is 0 Å². The van der Waals surface area contributed by atoms with Gasteiger partial charge in [-0.05, 0) is 58.0 Å². The van der Waals surface area contributed by atoms with E-state index >= 15 is 0 Å². The molecule has 0 aromatic heterocycles.